The fourth-order valence-electron chi connectivity index (χ4n) is 2.54. The summed E-state index contributed by atoms with van der Waals surface area (Å²) < 4.78 is 0. The Bertz CT molecular complexity index is 504. The number of hydrogen-bond donors (Lipinski definition) is 1. The number of unbranched alkanes of at least 4 members (excludes halogenated alkanes) is 2. The third kappa shape index (κ3) is 4.21. The van der Waals surface area contributed by atoms with Gasteiger partial charge < -0.3 is 5.32 Å². The minimum Gasteiger partial charge on any atom is -0.306 e. The van der Waals surface area contributed by atoms with Crippen molar-refractivity contribution in [3.05, 3.63) is 71.3 Å². The first-order valence-electron chi connectivity index (χ1n) is 7.66. The van der Waals surface area contributed by atoms with E-state index in [0.29, 0.717) is 6.04 Å². The fourth-order valence-corrected chi connectivity index (χ4v) is 2.54. The maximum Gasteiger partial charge on any atom is 0.0576 e. The van der Waals surface area contributed by atoms with E-state index in [0.717, 1.165) is 6.54 Å². The van der Waals surface area contributed by atoms with E-state index < -0.39 is 0 Å². The van der Waals surface area contributed by atoms with E-state index in [1.54, 1.807) is 0 Å². The minimum absolute atomic E-state index is 0.299. The highest BCUT2D eigenvalue weighted by molar-refractivity contribution is 5.33. The number of benzene rings is 2. The van der Waals surface area contributed by atoms with Crippen LogP contribution in [0.2, 0.25) is 0 Å². The lowest BCUT2D eigenvalue weighted by atomic mass is 9.97. The van der Waals surface area contributed by atoms with Crippen LogP contribution in [0.4, 0.5) is 0 Å². The van der Waals surface area contributed by atoms with Gasteiger partial charge in [0, 0.05) is 0 Å². The molecule has 0 aliphatic rings. The zero-order valence-electron chi connectivity index (χ0n) is 12.6. The number of rotatable bonds is 7. The molecule has 106 valence electrons. The predicted octanol–water partition coefficient (Wildman–Crippen LogP) is 4.86. The molecule has 1 heteroatoms. The summed E-state index contributed by atoms with van der Waals surface area (Å²) in [5.41, 5.74) is 4.01. The van der Waals surface area contributed by atoms with Gasteiger partial charge in [-0.25, -0.2) is 0 Å². The Balaban J connectivity index is 2.16. The van der Waals surface area contributed by atoms with Crippen LogP contribution in [0.5, 0.6) is 0 Å². The molecule has 0 aromatic heterocycles. The highest BCUT2D eigenvalue weighted by atomic mass is 14.9. The third-order valence-corrected chi connectivity index (χ3v) is 3.64. The number of nitrogens with one attached hydrogen (secondary N) is 1. The summed E-state index contributed by atoms with van der Waals surface area (Å²) in [7, 11) is 0. The second kappa shape index (κ2) is 7.86. The average molecular weight is 267 g/mol. The first-order valence-corrected chi connectivity index (χ1v) is 7.66. The molecule has 0 radical (unpaired) electrons. The van der Waals surface area contributed by atoms with Gasteiger partial charge in [0.25, 0.3) is 0 Å². The molecule has 0 saturated carbocycles. The first kappa shape index (κ1) is 14.8. The topological polar surface area (TPSA) is 12.0 Å². The second-order valence-electron chi connectivity index (χ2n) is 5.42. The van der Waals surface area contributed by atoms with E-state index in [-0.39, 0.29) is 0 Å². The van der Waals surface area contributed by atoms with Gasteiger partial charge >= 0.3 is 0 Å². The van der Waals surface area contributed by atoms with Crippen molar-refractivity contribution in [2.75, 3.05) is 6.54 Å². The van der Waals surface area contributed by atoms with Crippen LogP contribution >= 0.6 is 0 Å². The molecule has 0 aliphatic heterocycles. The standard InChI is InChI=1S/C19H25N/c1-3-4-8-14-20-19(17-11-6-5-7-12-17)18-13-9-10-16(2)15-18/h5-7,9-13,15,19-20H,3-4,8,14H2,1-2H3. The highest BCUT2D eigenvalue weighted by Gasteiger charge is 2.12. The summed E-state index contributed by atoms with van der Waals surface area (Å²) in [5.74, 6) is 0. The quantitative estimate of drug-likeness (QED) is 0.706. The van der Waals surface area contributed by atoms with Gasteiger partial charge in [0.15, 0.2) is 0 Å². The van der Waals surface area contributed by atoms with E-state index in [1.807, 2.05) is 0 Å². The van der Waals surface area contributed by atoms with Gasteiger partial charge in [0.05, 0.1) is 6.04 Å². The van der Waals surface area contributed by atoms with Crippen molar-refractivity contribution >= 4 is 0 Å². The van der Waals surface area contributed by atoms with Crippen molar-refractivity contribution in [3.8, 4) is 0 Å². The normalized spacial score (nSPS) is 12.3. The van der Waals surface area contributed by atoms with Gasteiger partial charge in [-0.2, -0.15) is 0 Å². The Morgan fingerprint density at radius 2 is 1.65 bits per heavy atom. The summed E-state index contributed by atoms with van der Waals surface area (Å²) >= 11 is 0. The lowest BCUT2D eigenvalue weighted by Gasteiger charge is -2.20. The Kier molecular flexibility index (Phi) is 5.82. The van der Waals surface area contributed by atoms with Gasteiger partial charge in [-0.1, -0.05) is 79.9 Å². The summed E-state index contributed by atoms with van der Waals surface area (Å²) in [5, 5.41) is 3.71. The molecular weight excluding hydrogens is 242 g/mol. The monoisotopic (exact) mass is 267 g/mol. The van der Waals surface area contributed by atoms with Gasteiger partial charge in [-0.15, -0.1) is 0 Å². The Morgan fingerprint density at radius 3 is 2.35 bits per heavy atom. The molecule has 0 bridgehead atoms. The Labute approximate surface area is 123 Å². The largest absolute Gasteiger partial charge is 0.306 e. The van der Waals surface area contributed by atoms with Gasteiger partial charge in [0.1, 0.15) is 0 Å². The number of aryl methyl sites for hydroxylation is 1. The average Bonchev–Trinajstić information content (AvgIpc) is 2.48. The molecule has 2 rings (SSSR count). The molecule has 0 saturated heterocycles. The number of hydrogen-bond acceptors (Lipinski definition) is 1. The smallest absolute Gasteiger partial charge is 0.0576 e. The Morgan fingerprint density at radius 1 is 0.900 bits per heavy atom. The summed E-state index contributed by atoms with van der Waals surface area (Å²) in [6.45, 7) is 5.47. The maximum absolute atomic E-state index is 3.71. The molecule has 1 atom stereocenters. The zero-order valence-corrected chi connectivity index (χ0v) is 12.6. The van der Waals surface area contributed by atoms with Crippen molar-refractivity contribution < 1.29 is 0 Å². The molecule has 1 unspecified atom stereocenters. The molecule has 0 fully saturated rings. The van der Waals surface area contributed by atoms with Crippen molar-refractivity contribution in [2.45, 2.75) is 39.2 Å². The van der Waals surface area contributed by atoms with Gasteiger partial charge in [-0.05, 0) is 31.0 Å². The molecule has 1 nitrogen and oxygen atoms in total. The van der Waals surface area contributed by atoms with Gasteiger partial charge in [-0.3, -0.25) is 0 Å². The van der Waals surface area contributed by atoms with E-state index >= 15 is 0 Å². The summed E-state index contributed by atoms with van der Waals surface area (Å²) in [6.07, 6.45) is 3.80. The van der Waals surface area contributed by atoms with Crippen LogP contribution in [0.3, 0.4) is 0 Å². The van der Waals surface area contributed by atoms with Crippen LogP contribution in [0, 0.1) is 6.92 Å². The molecule has 2 aromatic carbocycles. The summed E-state index contributed by atoms with van der Waals surface area (Å²) in [4.78, 5) is 0. The Hall–Kier alpha value is -1.60. The second-order valence-corrected chi connectivity index (χ2v) is 5.42. The molecule has 0 spiro atoms. The minimum atomic E-state index is 0.299. The molecular formula is C19H25N. The van der Waals surface area contributed by atoms with E-state index in [4.69, 9.17) is 0 Å². The van der Waals surface area contributed by atoms with Crippen LogP contribution in [0.1, 0.15) is 48.9 Å². The third-order valence-electron chi connectivity index (χ3n) is 3.64. The van der Waals surface area contributed by atoms with Crippen molar-refractivity contribution in [1.29, 1.82) is 0 Å². The van der Waals surface area contributed by atoms with E-state index in [2.05, 4.69) is 73.8 Å². The zero-order chi connectivity index (χ0) is 14.2. The highest BCUT2D eigenvalue weighted by Crippen LogP contribution is 2.22. The molecule has 0 aliphatic carbocycles. The van der Waals surface area contributed by atoms with Gasteiger partial charge in [0.2, 0.25) is 0 Å². The summed E-state index contributed by atoms with van der Waals surface area (Å²) in [6, 6.07) is 19.8. The maximum atomic E-state index is 3.71. The van der Waals surface area contributed by atoms with Crippen molar-refractivity contribution in [3.63, 3.8) is 0 Å². The first-order chi connectivity index (χ1) is 9.81. The lowest BCUT2D eigenvalue weighted by Crippen LogP contribution is -2.23. The molecule has 2 aromatic rings. The molecule has 20 heavy (non-hydrogen) atoms. The predicted molar refractivity (Wildman–Crippen MR) is 87.0 cm³/mol. The van der Waals surface area contributed by atoms with Crippen LogP contribution in [-0.4, -0.2) is 6.54 Å². The van der Waals surface area contributed by atoms with Crippen LogP contribution in [-0.2, 0) is 0 Å². The van der Waals surface area contributed by atoms with E-state index in [1.165, 1.54) is 36.0 Å². The molecule has 0 amide bonds. The van der Waals surface area contributed by atoms with Crippen molar-refractivity contribution in [1.82, 2.24) is 5.32 Å². The van der Waals surface area contributed by atoms with Crippen LogP contribution in [0.25, 0.3) is 0 Å². The fraction of sp³-hybridized carbons (Fsp3) is 0.368. The van der Waals surface area contributed by atoms with Crippen LogP contribution < -0.4 is 5.32 Å². The SMILES string of the molecule is CCCCCNC(c1ccccc1)c1cccc(C)c1. The van der Waals surface area contributed by atoms with E-state index in [9.17, 15) is 0 Å². The molecule has 1 N–H and O–H groups in total. The molecule has 0 heterocycles. The lowest BCUT2D eigenvalue weighted by molar-refractivity contribution is 0.565. The van der Waals surface area contributed by atoms with Crippen LogP contribution in [0.15, 0.2) is 54.6 Å². The van der Waals surface area contributed by atoms with Crippen molar-refractivity contribution in [2.24, 2.45) is 0 Å².